The van der Waals surface area contributed by atoms with Crippen LogP contribution in [0.5, 0.6) is 0 Å². The van der Waals surface area contributed by atoms with Crippen LogP contribution in [0.15, 0.2) is 0 Å². The molecule has 9 heteroatoms. The molecule has 0 heterocycles. The van der Waals surface area contributed by atoms with Gasteiger partial charge in [-0.25, -0.2) is 0 Å². The van der Waals surface area contributed by atoms with Crippen LogP contribution in [0.1, 0.15) is 27.2 Å². The van der Waals surface area contributed by atoms with Crippen LogP contribution in [0.4, 0.5) is 0 Å². The van der Waals surface area contributed by atoms with Gasteiger partial charge in [-0.3, -0.25) is 9.35 Å². The van der Waals surface area contributed by atoms with Crippen molar-refractivity contribution in [1.82, 2.24) is 0 Å². The van der Waals surface area contributed by atoms with Gasteiger partial charge >= 0.3 is 35.5 Å². The van der Waals surface area contributed by atoms with Gasteiger partial charge in [0.2, 0.25) is 0 Å². The van der Waals surface area contributed by atoms with Gasteiger partial charge in [-0.05, 0) is 20.8 Å². The van der Waals surface area contributed by atoms with Crippen molar-refractivity contribution in [2.24, 2.45) is 0 Å². The Labute approximate surface area is 122 Å². The van der Waals surface area contributed by atoms with E-state index >= 15 is 0 Å². The Kier molecular flexibility index (Phi) is 7.56. The molecule has 17 heavy (non-hydrogen) atoms. The molecule has 0 aliphatic rings. The maximum Gasteiger partial charge on any atom is 1.00 e. The van der Waals surface area contributed by atoms with Crippen molar-refractivity contribution in [3.05, 3.63) is 0 Å². The molecule has 0 amide bonds. The molecule has 7 nitrogen and oxygen atoms in total. The second kappa shape index (κ2) is 6.69. The molecular weight excluding hydrogens is 263 g/mol. The number of esters is 1. The minimum Gasteiger partial charge on any atom is -0.549 e. The number of hydrogen-bond acceptors (Lipinski definition) is 6. The van der Waals surface area contributed by atoms with E-state index < -0.39 is 39.3 Å². The summed E-state index contributed by atoms with van der Waals surface area (Å²) in [6, 6.07) is 0. The summed E-state index contributed by atoms with van der Waals surface area (Å²) < 4.78 is 34.4. The zero-order valence-corrected chi connectivity index (χ0v) is 12.9. The van der Waals surface area contributed by atoms with Crippen molar-refractivity contribution >= 4 is 22.1 Å². The Bertz CT molecular complexity index is 381. The van der Waals surface area contributed by atoms with Gasteiger partial charge in [0.05, 0.1) is 12.4 Å². The van der Waals surface area contributed by atoms with Gasteiger partial charge in [0, 0.05) is 0 Å². The maximum absolute atomic E-state index is 11.1. The quantitative estimate of drug-likeness (QED) is 0.313. The number of hydrogen-bond donors (Lipinski definition) is 1. The van der Waals surface area contributed by atoms with E-state index in [1.807, 2.05) is 0 Å². The molecular formula is C8H13NaO7S. The molecule has 0 radical (unpaired) electrons. The van der Waals surface area contributed by atoms with E-state index in [-0.39, 0.29) is 29.6 Å². The summed E-state index contributed by atoms with van der Waals surface area (Å²) in [4.78, 5) is 21.5. The molecule has 0 aromatic rings. The van der Waals surface area contributed by atoms with Crippen LogP contribution in [0.3, 0.4) is 0 Å². The van der Waals surface area contributed by atoms with Crippen molar-refractivity contribution in [2.75, 3.05) is 0 Å². The van der Waals surface area contributed by atoms with Crippen molar-refractivity contribution < 1.29 is 62.0 Å². The third-order valence-corrected chi connectivity index (χ3v) is 2.47. The molecule has 0 rings (SSSR count). The van der Waals surface area contributed by atoms with Gasteiger partial charge in [-0.15, -0.1) is 0 Å². The molecule has 0 aromatic heterocycles. The Morgan fingerprint density at radius 3 is 2.00 bits per heavy atom. The van der Waals surface area contributed by atoms with Gasteiger partial charge in [-0.1, -0.05) is 0 Å². The maximum atomic E-state index is 11.1. The van der Waals surface area contributed by atoms with E-state index in [1.165, 1.54) is 20.8 Å². The average Bonchev–Trinajstić information content (AvgIpc) is 1.93. The van der Waals surface area contributed by atoms with Crippen molar-refractivity contribution in [3.63, 3.8) is 0 Å². The Balaban J connectivity index is 0. The number of rotatable bonds is 4. The topological polar surface area (TPSA) is 121 Å². The smallest absolute Gasteiger partial charge is 0.549 e. The molecule has 0 aliphatic heterocycles. The fourth-order valence-corrected chi connectivity index (χ4v) is 1.43. The third kappa shape index (κ3) is 8.56. The SMILES string of the molecule is CC(C)(C)OC(=O)CC(C(=O)[O-])S(=O)(=O)O.[Na+]. The zero-order valence-electron chi connectivity index (χ0n) is 10.1. The van der Waals surface area contributed by atoms with Gasteiger partial charge in [-0.2, -0.15) is 8.42 Å². The van der Waals surface area contributed by atoms with Crippen LogP contribution in [-0.4, -0.2) is 35.8 Å². The number of carbonyl (C=O) groups is 2. The second-order valence-electron chi connectivity index (χ2n) is 4.11. The van der Waals surface area contributed by atoms with Gasteiger partial charge < -0.3 is 14.6 Å². The van der Waals surface area contributed by atoms with Gasteiger partial charge in [0.1, 0.15) is 10.9 Å². The number of carbonyl (C=O) groups excluding carboxylic acids is 2. The van der Waals surface area contributed by atoms with Crippen molar-refractivity contribution in [1.29, 1.82) is 0 Å². The standard InChI is InChI=1S/C8H14O7S.Na/c1-8(2,3)15-6(9)4-5(7(10)11)16(12,13)14;/h5H,4H2,1-3H3,(H,10,11)(H,12,13,14);/q;+1/p-1. The Morgan fingerprint density at radius 2 is 1.76 bits per heavy atom. The molecule has 1 atom stereocenters. The molecule has 0 bridgehead atoms. The van der Waals surface area contributed by atoms with Crippen LogP contribution < -0.4 is 34.7 Å². The second-order valence-corrected chi connectivity index (χ2v) is 5.71. The van der Waals surface area contributed by atoms with E-state index in [2.05, 4.69) is 0 Å². The first-order valence-electron chi connectivity index (χ1n) is 4.32. The fourth-order valence-electron chi connectivity index (χ4n) is 0.845. The molecule has 0 aliphatic carbocycles. The molecule has 0 saturated carbocycles. The van der Waals surface area contributed by atoms with Crippen LogP contribution in [0.25, 0.3) is 0 Å². The first kappa shape index (κ1) is 19.2. The summed E-state index contributed by atoms with van der Waals surface area (Å²) in [5.74, 6) is -3.09. The summed E-state index contributed by atoms with van der Waals surface area (Å²) in [7, 11) is -4.88. The molecule has 0 saturated heterocycles. The van der Waals surface area contributed by atoms with E-state index in [4.69, 9.17) is 9.29 Å². The number of aliphatic carboxylic acids is 1. The number of carboxylic acids is 1. The molecule has 0 spiro atoms. The predicted molar refractivity (Wildman–Crippen MR) is 50.8 cm³/mol. The summed E-state index contributed by atoms with van der Waals surface area (Å²) in [5.41, 5.74) is -0.868. The largest absolute Gasteiger partial charge is 1.00 e. The van der Waals surface area contributed by atoms with Crippen LogP contribution in [0, 0.1) is 0 Å². The van der Waals surface area contributed by atoms with E-state index in [9.17, 15) is 23.1 Å². The van der Waals surface area contributed by atoms with E-state index in [1.54, 1.807) is 0 Å². The predicted octanol–water partition coefficient (Wildman–Crippen LogP) is -4.27. The molecule has 1 unspecified atom stereocenters. The van der Waals surface area contributed by atoms with Gasteiger partial charge in [0.15, 0.2) is 0 Å². The monoisotopic (exact) mass is 276 g/mol. The average molecular weight is 276 g/mol. The zero-order chi connectivity index (χ0) is 13.1. The van der Waals surface area contributed by atoms with Crippen LogP contribution in [-0.2, 0) is 24.4 Å². The fraction of sp³-hybridized carbons (Fsp3) is 0.750. The number of carboxylic acid groups (broad SMARTS) is 1. The van der Waals surface area contributed by atoms with Crippen molar-refractivity contribution in [3.8, 4) is 0 Å². The third-order valence-electron chi connectivity index (χ3n) is 1.39. The Hall–Kier alpha value is -0.150. The molecule has 0 aromatic carbocycles. The molecule has 94 valence electrons. The first-order chi connectivity index (χ1) is 6.93. The molecule has 1 N–H and O–H groups in total. The summed E-state index contributed by atoms with van der Waals surface area (Å²) >= 11 is 0. The normalized spacial score (nSPS) is 13.4. The Morgan fingerprint density at radius 1 is 1.35 bits per heavy atom. The van der Waals surface area contributed by atoms with Gasteiger partial charge in [0.25, 0.3) is 10.1 Å². The molecule has 0 fully saturated rings. The van der Waals surface area contributed by atoms with E-state index in [0.29, 0.717) is 0 Å². The van der Waals surface area contributed by atoms with Crippen LogP contribution in [0.2, 0.25) is 0 Å². The van der Waals surface area contributed by atoms with E-state index in [0.717, 1.165) is 0 Å². The first-order valence-corrected chi connectivity index (χ1v) is 5.83. The summed E-state index contributed by atoms with van der Waals surface area (Å²) in [5, 5.41) is 8.09. The summed E-state index contributed by atoms with van der Waals surface area (Å²) in [6.45, 7) is 4.60. The minimum atomic E-state index is -4.88. The number of ether oxygens (including phenoxy) is 1. The van der Waals surface area contributed by atoms with Crippen LogP contribution >= 0.6 is 0 Å². The van der Waals surface area contributed by atoms with Crippen molar-refractivity contribution in [2.45, 2.75) is 38.0 Å². The minimum absolute atomic E-state index is 0. The summed E-state index contributed by atoms with van der Waals surface area (Å²) in [6.07, 6.45) is -0.988.